The van der Waals surface area contributed by atoms with E-state index in [-0.39, 0.29) is 18.2 Å². The highest BCUT2D eigenvalue weighted by atomic mass is 16.5. The van der Waals surface area contributed by atoms with Crippen LogP contribution in [0.5, 0.6) is 5.75 Å². The number of imidazole rings is 1. The smallest absolute Gasteiger partial charge is 0.257 e. The summed E-state index contributed by atoms with van der Waals surface area (Å²) in [4.78, 5) is 31.0. The molecule has 0 radical (unpaired) electrons. The van der Waals surface area contributed by atoms with Crippen LogP contribution in [-0.4, -0.2) is 28.0 Å². The number of fused-ring (bicyclic) bond motifs is 1. The zero-order valence-corrected chi connectivity index (χ0v) is 14.5. The van der Waals surface area contributed by atoms with Gasteiger partial charge in [0, 0.05) is 0 Å². The third-order valence-electron chi connectivity index (χ3n) is 4.51. The molecular formula is C20H19N3O3. The molecule has 26 heavy (non-hydrogen) atoms. The van der Waals surface area contributed by atoms with Gasteiger partial charge < -0.3 is 9.30 Å². The van der Waals surface area contributed by atoms with Crippen LogP contribution in [0.4, 0.5) is 5.69 Å². The monoisotopic (exact) mass is 349 g/mol. The van der Waals surface area contributed by atoms with Crippen LogP contribution in [0.3, 0.4) is 0 Å². The van der Waals surface area contributed by atoms with Gasteiger partial charge in [0.05, 0.1) is 36.1 Å². The zero-order valence-electron chi connectivity index (χ0n) is 14.5. The molecule has 6 heteroatoms. The summed E-state index contributed by atoms with van der Waals surface area (Å²) in [6, 6.07) is 14.1. The van der Waals surface area contributed by atoms with Gasteiger partial charge in [-0.25, -0.2) is 9.88 Å². The molecule has 0 spiro atoms. The summed E-state index contributed by atoms with van der Waals surface area (Å²) in [5, 5.41) is 0. The van der Waals surface area contributed by atoms with E-state index in [1.807, 2.05) is 31.2 Å². The number of ether oxygens (including phenoxy) is 1. The SMILES string of the molecule is CCCOc1ccc(N2C(=O)C[C@@H](n3cnc4ccccc43)C2=O)cc1. The van der Waals surface area contributed by atoms with E-state index >= 15 is 0 Å². The molecule has 6 nitrogen and oxygen atoms in total. The molecule has 0 unspecified atom stereocenters. The molecule has 2 heterocycles. The fraction of sp³-hybridized carbons (Fsp3) is 0.250. The van der Waals surface area contributed by atoms with E-state index < -0.39 is 6.04 Å². The summed E-state index contributed by atoms with van der Waals surface area (Å²) in [5.41, 5.74) is 2.23. The van der Waals surface area contributed by atoms with Crippen molar-refractivity contribution in [3.63, 3.8) is 0 Å². The average Bonchev–Trinajstić information content (AvgIpc) is 3.21. The topological polar surface area (TPSA) is 64.4 Å². The number of carbonyl (C=O) groups is 2. The van der Waals surface area contributed by atoms with Gasteiger partial charge in [-0.15, -0.1) is 0 Å². The summed E-state index contributed by atoms with van der Waals surface area (Å²) in [6.07, 6.45) is 2.68. The molecule has 3 aromatic rings. The number of imide groups is 1. The fourth-order valence-corrected chi connectivity index (χ4v) is 3.24. The van der Waals surface area contributed by atoms with Gasteiger partial charge in [-0.2, -0.15) is 0 Å². The number of carbonyl (C=O) groups excluding carboxylic acids is 2. The summed E-state index contributed by atoms with van der Waals surface area (Å²) in [7, 11) is 0. The van der Waals surface area contributed by atoms with Gasteiger partial charge in [-0.3, -0.25) is 9.59 Å². The van der Waals surface area contributed by atoms with Crippen molar-refractivity contribution >= 4 is 28.5 Å². The van der Waals surface area contributed by atoms with Gasteiger partial charge in [0.1, 0.15) is 11.8 Å². The van der Waals surface area contributed by atoms with Gasteiger partial charge in [0.25, 0.3) is 5.91 Å². The Kier molecular flexibility index (Phi) is 4.16. The summed E-state index contributed by atoms with van der Waals surface area (Å²) < 4.78 is 7.34. The van der Waals surface area contributed by atoms with Crippen LogP contribution in [0, 0.1) is 0 Å². The largest absolute Gasteiger partial charge is 0.494 e. The van der Waals surface area contributed by atoms with Crippen LogP contribution in [0.25, 0.3) is 11.0 Å². The highest BCUT2D eigenvalue weighted by Crippen LogP contribution is 2.32. The van der Waals surface area contributed by atoms with E-state index in [1.54, 1.807) is 35.2 Å². The Bertz CT molecular complexity index is 962. The number of nitrogens with zero attached hydrogens (tertiary/aromatic N) is 3. The molecular weight excluding hydrogens is 330 g/mol. The van der Waals surface area contributed by atoms with E-state index in [0.717, 1.165) is 23.2 Å². The molecule has 2 amide bonds. The molecule has 1 aromatic heterocycles. The molecule has 2 aromatic carbocycles. The maximum atomic E-state index is 12.9. The minimum Gasteiger partial charge on any atom is -0.494 e. The van der Waals surface area contributed by atoms with Crippen LogP contribution in [0.15, 0.2) is 54.9 Å². The van der Waals surface area contributed by atoms with Crippen LogP contribution in [-0.2, 0) is 9.59 Å². The van der Waals surface area contributed by atoms with Gasteiger partial charge in [0.2, 0.25) is 5.91 Å². The lowest BCUT2D eigenvalue weighted by Crippen LogP contribution is -2.31. The maximum absolute atomic E-state index is 12.9. The fourth-order valence-electron chi connectivity index (χ4n) is 3.24. The minimum atomic E-state index is -0.564. The van der Waals surface area contributed by atoms with Crippen LogP contribution < -0.4 is 9.64 Å². The Morgan fingerprint density at radius 2 is 1.88 bits per heavy atom. The third-order valence-corrected chi connectivity index (χ3v) is 4.51. The summed E-state index contributed by atoms with van der Waals surface area (Å²) in [5.74, 6) is 0.284. The summed E-state index contributed by atoms with van der Waals surface area (Å²) in [6.45, 7) is 2.67. The molecule has 1 atom stereocenters. The molecule has 132 valence electrons. The third kappa shape index (κ3) is 2.73. The predicted octanol–water partition coefficient (Wildman–Crippen LogP) is 3.33. The van der Waals surface area contributed by atoms with Crippen LogP contribution in [0.2, 0.25) is 0 Å². The molecule has 1 saturated heterocycles. The van der Waals surface area contributed by atoms with Crippen molar-refractivity contribution in [3.8, 4) is 5.75 Å². The number of rotatable bonds is 5. The van der Waals surface area contributed by atoms with Crippen LogP contribution in [0.1, 0.15) is 25.8 Å². The standard InChI is InChI=1S/C20H19N3O3/c1-2-11-26-15-9-7-14(8-10-15)23-19(24)12-18(20(23)25)22-13-21-16-5-3-4-6-17(16)22/h3-10,13,18H,2,11-12H2,1H3/t18-/m1/s1. The Labute approximate surface area is 151 Å². The number of anilines is 1. The molecule has 4 rings (SSSR count). The Morgan fingerprint density at radius 1 is 1.12 bits per heavy atom. The summed E-state index contributed by atoms with van der Waals surface area (Å²) >= 11 is 0. The van der Waals surface area contributed by atoms with E-state index in [4.69, 9.17) is 4.74 Å². The molecule has 1 aliphatic rings. The van der Waals surface area contributed by atoms with Crippen molar-refractivity contribution in [2.24, 2.45) is 0 Å². The highest BCUT2D eigenvalue weighted by Gasteiger charge is 2.41. The Hall–Kier alpha value is -3.15. The first kappa shape index (κ1) is 16.3. The highest BCUT2D eigenvalue weighted by molar-refractivity contribution is 6.21. The number of hydrogen-bond acceptors (Lipinski definition) is 4. The lowest BCUT2D eigenvalue weighted by Gasteiger charge is -2.16. The Balaban J connectivity index is 1.61. The molecule has 0 bridgehead atoms. The lowest BCUT2D eigenvalue weighted by atomic mass is 10.2. The Morgan fingerprint density at radius 3 is 2.65 bits per heavy atom. The molecule has 0 aliphatic carbocycles. The second-order valence-corrected chi connectivity index (χ2v) is 6.27. The van der Waals surface area contributed by atoms with E-state index in [9.17, 15) is 9.59 Å². The second kappa shape index (κ2) is 6.63. The van der Waals surface area contributed by atoms with Gasteiger partial charge in [0.15, 0.2) is 0 Å². The predicted molar refractivity (Wildman–Crippen MR) is 98.1 cm³/mol. The van der Waals surface area contributed by atoms with Crippen molar-refractivity contribution in [3.05, 3.63) is 54.9 Å². The first-order valence-corrected chi connectivity index (χ1v) is 8.70. The van der Waals surface area contributed by atoms with Crippen LogP contribution >= 0.6 is 0 Å². The minimum absolute atomic E-state index is 0.132. The maximum Gasteiger partial charge on any atom is 0.257 e. The van der Waals surface area contributed by atoms with Crippen molar-refractivity contribution in [1.82, 2.24) is 9.55 Å². The van der Waals surface area contributed by atoms with Gasteiger partial charge in [-0.05, 0) is 42.8 Å². The molecule has 1 aliphatic heterocycles. The van der Waals surface area contributed by atoms with Gasteiger partial charge in [-0.1, -0.05) is 19.1 Å². The zero-order chi connectivity index (χ0) is 18.1. The van der Waals surface area contributed by atoms with E-state index in [2.05, 4.69) is 4.98 Å². The van der Waals surface area contributed by atoms with Crippen molar-refractivity contribution in [2.75, 3.05) is 11.5 Å². The van der Waals surface area contributed by atoms with Crippen molar-refractivity contribution in [2.45, 2.75) is 25.8 Å². The van der Waals surface area contributed by atoms with Crippen molar-refractivity contribution in [1.29, 1.82) is 0 Å². The number of para-hydroxylation sites is 2. The molecule has 0 saturated carbocycles. The van der Waals surface area contributed by atoms with Crippen molar-refractivity contribution < 1.29 is 14.3 Å². The normalized spacial score (nSPS) is 17.3. The van der Waals surface area contributed by atoms with E-state index in [1.165, 1.54) is 4.90 Å². The second-order valence-electron chi connectivity index (χ2n) is 6.27. The number of aromatic nitrogens is 2. The number of amides is 2. The lowest BCUT2D eigenvalue weighted by molar-refractivity contribution is -0.122. The molecule has 0 N–H and O–H groups in total. The number of hydrogen-bond donors (Lipinski definition) is 0. The average molecular weight is 349 g/mol. The number of benzene rings is 2. The first-order chi connectivity index (χ1) is 12.7. The molecule has 1 fully saturated rings. The first-order valence-electron chi connectivity index (χ1n) is 8.70. The quantitative estimate of drug-likeness (QED) is 0.663. The van der Waals surface area contributed by atoms with E-state index in [0.29, 0.717) is 12.3 Å². The van der Waals surface area contributed by atoms with Gasteiger partial charge >= 0.3 is 0 Å².